The lowest BCUT2D eigenvalue weighted by atomic mass is 9.99. The number of ether oxygens (including phenoxy) is 4. The number of aliphatic hydroxyl groups excluding tert-OH is 3. The summed E-state index contributed by atoms with van der Waals surface area (Å²) >= 11 is 0. The molecule has 0 spiro atoms. The first-order valence-corrected chi connectivity index (χ1v) is 28.1. The fraction of sp³-hybridized carbons (Fsp3) is 0.868. The van der Waals surface area contributed by atoms with Crippen LogP contribution >= 0.6 is 0 Å². The smallest absolute Gasteiger partial charge is 0.397 e. The first-order valence-electron chi connectivity index (χ1n) is 26.7. The molecule has 4 N–H and O–H groups in total. The summed E-state index contributed by atoms with van der Waals surface area (Å²) in [6.45, 7) is 3.89. The van der Waals surface area contributed by atoms with Gasteiger partial charge in [-0.3, -0.25) is 9.35 Å². The van der Waals surface area contributed by atoms with E-state index in [0.29, 0.717) is 13.0 Å². The molecule has 1 aliphatic heterocycles. The van der Waals surface area contributed by atoms with E-state index >= 15 is 0 Å². The monoisotopic (exact) mass is 959 g/mol. The highest BCUT2D eigenvalue weighted by molar-refractivity contribution is 7.80. The quantitative estimate of drug-likeness (QED) is 0.0197. The lowest BCUT2D eigenvalue weighted by Gasteiger charge is -2.41. The van der Waals surface area contributed by atoms with Crippen molar-refractivity contribution >= 4 is 16.4 Å². The lowest BCUT2D eigenvalue weighted by molar-refractivity contribution is -0.301. The van der Waals surface area contributed by atoms with Crippen LogP contribution in [-0.4, -0.2) is 97.5 Å². The second-order valence-corrected chi connectivity index (χ2v) is 19.5. The van der Waals surface area contributed by atoms with E-state index in [-0.39, 0.29) is 19.6 Å². The minimum Gasteiger partial charge on any atom is -0.457 e. The Bertz CT molecular complexity index is 1290. The molecule has 66 heavy (non-hydrogen) atoms. The van der Waals surface area contributed by atoms with Crippen LogP contribution < -0.4 is 0 Å². The Kier molecular flexibility index (Phi) is 42.1. The summed E-state index contributed by atoms with van der Waals surface area (Å²) in [5, 5.41) is 30.8. The first kappa shape index (κ1) is 62.3. The Labute approximate surface area is 403 Å². The van der Waals surface area contributed by atoms with Crippen molar-refractivity contribution in [2.24, 2.45) is 0 Å². The summed E-state index contributed by atoms with van der Waals surface area (Å²) in [7, 11) is -5.07. The van der Waals surface area contributed by atoms with Crippen molar-refractivity contribution in [1.29, 1.82) is 0 Å². The van der Waals surface area contributed by atoms with Crippen molar-refractivity contribution in [1.82, 2.24) is 0 Å². The van der Waals surface area contributed by atoms with Crippen LogP contribution in [0.5, 0.6) is 0 Å². The van der Waals surface area contributed by atoms with Crippen LogP contribution in [0.1, 0.15) is 232 Å². The highest BCUT2D eigenvalue weighted by atomic mass is 32.3. The molecule has 1 fully saturated rings. The van der Waals surface area contributed by atoms with E-state index in [1.165, 1.54) is 135 Å². The number of allylic oxidation sites excluding steroid dienone is 6. The molecule has 0 aromatic carbocycles. The fourth-order valence-corrected chi connectivity index (χ4v) is 8.79. The van der Waals surface area contributed by atoms with E-state index in [1.807, 2.05) is 0 Å². The van der Waals surface area contributed by atoms with Crippen LogP contribution in [0.3, 0.4) is 0 Å². The van der Waals surface area contributed by atoms with Gasteiger partial charge in [-0.2, -0.15) is 8.42 Å². The molecule has 1 heterocycles. The molecule has 0 bridgehead atoms. The van der Waals surface area contributed by atoms with E-state index in [4.69, 9.17) is 18.9 Å². The molecular formula is C53H98O12S. The second-order valence-electron chi connectivity index (χ2n) is 18.4. The van der Waals surface area contributed by atoms with E-state index in [9.17, 15) is 33.1 Å². The van der Waals surface area contributed by atoms with Crippen LogP contribution in [0.25, 0.3) is 0 Å². The zero-order valence-electron chi connectivity index (χ0n) is 41.8. The Morgan fingerprint density at radius 1 is 0.591 bits per heavy atom. The molecule has 0 aliphatic carbocycles. The molecule has 1 aliphatic rings. The van der Waals surface area contributed by atoms with Crippen molar-refractivity contribution in [3.8, 4) is 0 Å². The maximum Gasteiger partial charge on any atom is 0.397 e. The summed E-state index contributed by atoms with van der Waals surface area (Å²) < 4.78 is 59.3. The number of carbonyl (C=O) groups excluding carboxylic acids is 1. The predicted molar refractivity (Wildman–Crippen MR) is 267 cm³/mol. The molecule has 6 unspecified atom stereocenters. The molecule has 0 aromatic rings. The number of esters is 1. The number of aliphatic hydroxyl groups is 3. The average molecular weight is 959 g/mol. The lowest BCUT2D eigenvalue weighted by Crippen LogP contribution is -2.60. The number of rotatable bonds is 47. The standard InChI is InChI=1S/C53H98O12S/c1-3-5-7-9-11-13-15-17-19-21-22-23-24-25-26-27-28-30-32-34-36-38-40-42-49(55)63-47(46-62-53-51(57)52(65-66(58,59)60)50(56)48(44-54)64-53)45-61-43-41-39-37-35-33-31-29-20-18-16-14-12-10-8-6-4-2/h6,8,12,14,18,20,47-48,50-54,56-57H,3-5,7,9-11,13,15-17,19,21-46H2,1-2H3,(H,58,59,60)/b8-6-,14-12-,20-18-. The topological polar surface area (TPSA) is 178 Å². The number of unbranched alkanes of at least 4 members (excludes halogenated alkanes) is 28. The molecule has 0 saturated carbocycles. The molecule has 0 aromatic heterocycles. The third kappa shape index (κ3) is 37.2. The minimum atomic E-state index is -5.07. The van der Waals surface area contributed by atoms with Gasteiger partial charge < -0.3 is 34.3 Å². The summed E-state index contributed by atoms with van der Waals surface area (Å²) in [4.78, 5) is 12.9. The third-order valence-corrected chi connectivity index (χ3v) is 12.7. The van der Waals surface area contributed by atoms with Crippen molar-refractivity contribution in [3.05, 3.63) is 36.5 Å². The van der Waals surface area contributed by atoms with Crippen molar-refractivity contribution < 1.29 is 56.2 Å². The average Bonchev–Trinajstić information content (AvgIpc) is 3.29. The molecule has 13 heteroatoms. The molecule has 1 saturated heterocycles. The van der Waals surface area contributed by atoms with Gasteiger partial charge in [-0.15, -0.1) is 0 Å². The van der Waals surface area contributed by atoms with Gasteiger partial charge >= 0.3 is 16.4 Å². The Morgan fingerprint density at radius 3 is 1.53 bits per heavy atom. The minimum absolute atomic E-state index is 0.0297. The molecule has 0 radical (unpaired) electrons. The van der Waals surface area contributed by atoms with Crippen LogP contribution in [0.15, 0.2) is 36.5 Å². The van der Waals surface area contributed by atoms with Crippen molar-refractivity contribution in [3.63, 3.8) is 0 Å². The Hall–Kier alpha value is -1.68. The first-order chi connectivity index (χ1) is 32.1. The Morgan fingerprint density at radius 2 is 1.05 bits per heavy atom. The number of carbonyl (C=O) groups is 1. The van der Waals surface area contributed by atoms with Crippen molar-refractivity contribution in [2.75, 3.05) is 26.4 Å². The van der Waals surface area contributed by atoms with Gasteiger partial charge in [0.05, 0.1) is 19.8 Å². The van der Waals surface area contributed by atoms with Gasteiger partial charge in [-0.25, -0.2) is 4.18 Å². The molecular weight excluding hydrogens is 861 g/mol. The number of hydrogen-bond acceptors (Lipinski definition) is 11. The van der Waals surface area contributed by atoms with Crippen molar-refractivity contribution in [2.45, 2.75) is 269 Å². The van der Waals surface area contributed by atoms with Gasteiger partial charge in [0.15, 0.2) is 6.29 Å². The SMILES string of the molecule is CC/C=C\C/C=C\C/C=C\CCCCCCCCOCC(COC1OC(CO)C(O)C(OS(=O)(=O)O)C1O)OC(=O)CCCCCCCCCCCCCCCCCCCCCCCCC. The van der Waals surface area contributed by atoms with Gasteiger partial charge in [0, 0.05) is 13.0 Å². The van der Waals surface area contributed by atoms with Gasteiger partial charge in [-0.05, 0) is 44.9 Å². The van der Waals surface area contributed by atoms with Gasteiger partial charge in [-0.1, -0.05) is 217 Å². The highest BCUT2D eigenvalue weighted by Gasteiger charge is 2.48. The summed E-state index contributed by atoms with van der Waals surface area (Å²) in [5.41, 5.74) is 0. The van der Waals surface area contributed by atoms with E-state index in [2.05, 4.69) is 54.5 Å². The summed E-state index contributed by atoms with van der Waals surface area (Å²) in [5.74, 6) is -0.400. The van der Waals surface area contributed by atoms with E-state index < -0.39 is 59.8 Å². The van der Waals surface area contributed by atoms with E-state index in [1.54, 1.807) is 0 Å². The van der Waals surface area contributed by atoms with E-state index in [0.717, 1.165) is 70.6 Å². The zero-order valence-corrected chi connectivity index (χ0v) is 42.6. The van der Waals surface area contributed by atoms with Gasteiger partial charge in [0.25, 0.3) is 0 Å². The van der Waals surface area contributed by atoms with Gasteiger partial charge in [0.2, 0.25) is 0 Å². The van der Waals surface area contributed by atoms with Crippen LogP contribution in [0.4, 0.5) is 0 Å². The second kappa shape index (κ2) is 44.5. The highest BCUT2D eigenvalue weighted by Crippen LogP contribution is 2.26. The van der Waals surface area contributed by atoms with Crippen LogP contribution in [0, 0.1) is 0 Å². The maximum absolute atomic E-state index is 12.9. The molecule has 12 nitrogen and oxygen atoms in total. The van der Waals surface area contributed by atoms with Crippen LogP contribution in [0.2, 0.25) is 0 Å². The molecule has 0 amide bonds. The maximum atomic E-state index is 12.9. The summed E-state index contributed by atoms with van der Waals surface area (Å²) in [6.07, 6.45) is 44.7. The molecule has 6 atom stereocenters. The predicted octanol–water partition coefficient (Wildman–Crippen LogP) is 12.5. The number of hydrogen-bond donors (Lipinski definition) is 4. The van der Waals surface area contributed by atoms with Crippen LogP contribution in [-0.2, 0) is 38.3 Å². The fourth-order valence-electron chi connectivity index (χ4n) is 8.28. The molecule has 1 rings (SSSR count). The largest absolute Gasteiger partial charge is 0.457 e. The normalized spacial score (nSPS) is 19.8. The van der Waals surface area contributed by atoms with Gasteiger partial charge in [0.1, 0.15) is 30.5 Å². The molecule has 388 valence electrons. The zero-order chi connectivity index (χ0) is 48.2. The third-order valence-electron chi connectivity index (χ3n) is 12.3. The Balaban J connectivity index is 2.31. The summed E-state index contributed by atoms with van der Waals surface area (Å²) in [6, 6.07) is 0.